The van der Waals surface area contributed by atoms with Crippen molar-refractivity contribution in [3.8, 4) is 22.6 Å². The van der Waals surface area contributed by atoms with E-state index in [0.717, 1.165) is 57.7 Å². The summed E-state index contributed by atoms with van der Waals surface area (Å²) in [6, 6.07) is 14.0. The fourth-order valence-electron chi connectivity index (χ4n) is 4.51. The predicted octanol–water partition coefficient (Wildman–Crippen LogP) is 4.90. The molecule has 1 saturated carbocycles. The minimum atomic E-state index is -0.426. The fraction of sp³-hybridized carbons (Fsp3) is 0.296. The molecule has 0 unspecified atom stereocenters. The molecule has 0 bridgehead atoms. The molecular formula is C27H26N2O4. The van der Waals surface area contributed by atoms with E-state index in [1.807, 2.05) is 44.2 Å². The van der Waals surface area contributed by atoms with Crippen molar-refractivity contribution < 1.29 is 19.1 Å². The Morgan fingerprint density at radius 2 is 1.79 bits per heavy atom. The summed E-state index contributed by atoms with van der Waals surface area (Å²) in [7, 11) is 0. The van der Waals surface area contributed by atoms with E-state index >= 15 is 0 Å². The molecule has 0 saturated heterocycles. The van der Waals surface area contributed by atoms with Crippen molar-refractivity contribution in [2.75, 3.05) is 12.1 Å². The Hall–Kier alpha value is -3.67. The van der Waals surface area contributed by atoms with Crippen LogP contribution in [0.2, 0.25) is 0 Å². The lowest BCUT2D eigenvalue weighted by molar-refractivity contribution is -0.120. The van der Waals surface area contributed by atoms with E-state index in [4.69, 9.17) is 9.47 Å². The number of nitrogens with zero attached hydrogens (tertiary/aromatic N) is 1. The lowest BCUT2D eigenvalue weighted by Crippen LogP contribution is -2.22. The molecule has 3 aromatic rings. The first-order valence-corrected chi connectivity index (χ1v) is 11.1. The van der Waals surface area contributed by atoms with Crippen LogP contribution < -0.4 is 14.8 Å². The second-order valence-corrected chi connectivity index (χ2v) is 8.97. The lowest BCUT2D eigenvalue weighted by Gasteiger charge is -2.16. The molecule has 5 rings (SSSR count). The van der Waals surface area contributed by atoms with Crippen LogP contribution in [-0.2, 0) is 21.4 Å². The monoisotopic (exact) mass is 442 g/mol. The van der Waals surface area contributed by atoms with Crippen molar-refractivity contribution in [2.24, 2.45) is 0 Å². The van der Waals surface area contributed by atoms with Crippen LogP contribution >= 0.6 is 0 Å². The van der Waals surface area contributed by atoms with Gasteiger partial charge in [0.25, 0.3) is 0 Å². The first-order valence-electron chi connectivity index (χ1n) is 11.1. The number of nitrogens with one attached hydrogen (secondary N) is 1. The van der Waals surface area contributed by atoms with E-state index in [0.29, 0.717) is 12.2 Å². The number of pyridine rings is 1. The summed E-state index contributed by atoms with van der Waals surface area (Å²) in [5, 5.41) is 2.75. The van der Waals surface area contributed by atoms with Crippen molar-refractivity contribution in [1.29, 1.82) is 0 Å². The number of amides is 1. The van der Waals surface area contributed by atoms with Gasteiger partial charge in [-0.05, 0) is 72.7 Å². The van der Waals surface area contributed by atoms with Crippen LogP contribution in [0.15, 0.2) is 48.7 Å². The Bertz CT molecular complexity index is 1280. The quantitative estimate of drug-likeness (QED) is 0.588. The number of hydrogen-bond donors (Lipinski definition) is 1. The van der Waals surface area contributed by atoms with E-state index in [-0.39, 0.29) is 18.5 Å². The Labute approximate surface area is 193 Å². The molecular weight excluding hydrogens is 416 g/mol. The van der Waals surface area contributed by atoms with E-state index in [2.05, 4.69) is 22.4 Å². The van der Waals surface area contributed by atoms with Gasteiger partial charge in [0.1, 0.15) is 11.6 Å². The molecule has 0 radical (unpaired) electrons. The van der Waals surface area contributed by atoms with Crippen LogP contribution in [-0.4, -0.2) is 23.5 Å². The average molecular weight is 443 g/mol. The number of ketones is 1. The van der Waals surface area contributed by atoms with Gasteiger partial charge in [0.2, 0.25) is 12.7 Å². The molecule has 2 heterocycles. The molecule has 1 fully saturated rings. The van der Waals surface area contributed by atoms with E-state index in [1.54, 1.807) is 6.20 Å². The van der Waals surface area contributed by atoms with Crippen LogP contribution in [0.5, 0.6) is 11.5 Å². The second kappa shape index (κ2) is 8.03. The van der Waals surface area contributed by atoms with Gasteiger partial charge < -0.3 is 14.8 Å². The average Bonchev–Trinajstić information content (AvgIpc) is 3.47. The Morgan fingerprint density at radius 1 is 1.00 bits per heavy atom. The number of carbonyl (C=O) groups is 2. The highest BCUT2D eigenvalue weighted by Crippen LogP contribution is 2.51. The number of Topliss-reactive ketones (excluding diaryl/α,β-unsaturated/α-hetero) is 1. The number of aromatic nitrogens is 1. The van der Waals surface area contributed by atoms with E-state index in [1.165, 1.54) is 6.92 Å². The summed E-state index contributed by atoms with van der Waals surface area (Å²) in [5.74, 6) is 2.10. The van der Waals surface area contributed by atoms with Gasteiger partial charge >= 0.3 is 0 Å². The molecule has 6 heteroatoms. The Kier molecular flexibility index (Phi) is 5.16. The van der Waals surface area contributed by atoms with E-state index in [9.17, 15) is 9.59 Å². The highest BCUT2D eigenvalue weighted by atomic mass is 16.7. The maximum atomic E-state index is 13.4. The minimum Gasteiger partial charge on any atom is -0.454 e. The first kappa shape index (κ1) is 21.2. The first-order chi connectivity index (χ1) is 15.9. The highest BCUT2D eigenvalue weighted by molar-refractivity contribution is 5.95. The molecule has 33 heavy (non-hydrogen) atoms. The van der Waals surface area contributed by atoms with Gasteiger partial charge in [0.15, 0.2) is 11.5 Å². The molecule has 1 aliphatic heterocycles. The van der Waals surface area contributed by atoms with Crippen LogP contribution in [0.25, 0.3) is 11.1 Å². The van der Waals surface area contributed by atoms with Gasteiger partial charge in [-0.25, -0.2) is 4.98 Å². The van der Waals surface area contributed by atoms with Gasteiger partial charge in [-0.3, -0.25) is 9.59 Å². The van der Waals surface area contributed by atoms with Gasteiger partial charge in [0.05, 0.1) is 5.41 Å². The van der Waals surface area contributed by atoms with Crippen LogP contribution in [0.1, 0.15) is 42.0 Å². The number of ether oxygens (including phenoxy) is 2. The number of hydrogen-bond acceptors (Lipinski definition) is 5. The second-order valence-electron chi connectivity index (χ2n) is 8.97. The van der Waals surface area contributed by atoms with Crippen molar-refractivity contribution in [3.05, 3.63) is 70.9 Å². The number of aryl methyl sites for hydroxylation is 2. The summed E-state index contributed by atoms with van der Waals surface area (Å²) < 4.78 is 10.9. The van der Waals surface area contributed by atoms with Crippen molar-refractivity contribution >= 4 is 17.5 Å². The maximum absolute atomic E-state index is 13.4. The van der Waals surface area contributed by atoms with Gasteiger partial charge in [-0.15, -0.1) is 0 Å². The third-order valence-electron chi connectivity index (χ3n) is 6.56. The highest BCUT2D eigenvalue weighted by Gasteiger charge is 2.50. The van der Waals surface area contributed by atoms with Crippen LogP contribution in [0, 0.1) is 13.8 Å². The number of rotatable bonds is 6. The SMILES string of the molecule is CC(=O)Nc1ncc(-c2cc(CC(=O)C3(c4ccc5c(c4)OCO5)CC3)ccc2C)cc1C. The zero-order valence-electron chi connectivity index (χ0n) is 19.0. The summed E-state index contributed by atoms with van der Waals surface area (Å²) >= 11 is 0. The summed E-state index contributed by atoms with van der Waals surface area (Å²) in [6.07, 6.45) is 3.86. The molecule has 0 atom stereocenters. The molecule has 1 N–H and O–H groups in total. The van der Waals surface area contributed by atoms with Crippen molar-refractivity contribution in [2.45, 2.75) is 45.4 Å². The number of fused-ring (bicyclic) bond motifs is 1. The number of benzene rings is 2. The van der Waals surface area contributed by atoms with Crippen LogP contribution in [0.4, 0.5) is 5.82 Å². The predicted molar refractivity (Wildman–Crippen MR) is 126 cm³/mol. The fourth-order valence-corrected chi connectivity index (χ4v) is 4.51. The number of anilines is 1. The standard InChI is InChI=1S/C27H26N2O4/c1-16-4-5-19(11-22(16)20-10-17(2)26(28-14-20)29-18(3)30)12-25(31)27(8-9-27)21-6-7-23-24(13-21)33-15-32-23/h4-7,10-11,13-14H,8-9,12,15H2,1-3H3,(H,28,29,30). The minimum absolute atomic E-state index is 0.147. The lowest BCUT2D eigenvalue weighted by atomic mass is 9.87. The van der Waals surface area contributed by atoms with Gasteiger partial charge in [0, 0.05) is 25.1 Å². The maximum Gasteiger partial charge on any atom is 0.231 e. The normalized spacial score (nSPS) is 15.2. The topological polar surface area (TPSA) is 77.5 Å². The summed E-state index contributed by atoms with van der Waals surface area (Å²) in [5.41, 5.74) is 5.57. The van der Waals surface area contributed by atoms with Crippen molar-refractivity contribution in [1.82, 2.24) is 4.98 Å². The molecule has 168 valence electrons. The van der Waals surface area contributed by atoms with Gasteiger partial charge in [-0.1, -0.05) is 24.3 Å². The molecule has 2 aromatic carbocycles. The van der Waals surface area contributed by atoms with Crippen LogP contribution in [0.3, 0.4) is 0 Å². The molecule has 0 spiro atoms. The number of carbonyl (C=O) groups excluding carboxylic acids is 2. The third kappa shape index (κ3) is 3.97. The summed E-state index contributed by atoms with van der Waals surface area (Å²) in [6.45, 7) is 5.67. The third-order valence-corrected chi connectivity index (χ3v) is 6.56. The molecule has 2 aliphatic rings. The largest absolute Gasteiger partial charge is 0.454 e. The molecule has 1 aliphatic carbocycles. The van der Waals surface area contributed by atoms with Crippen molar-refractivity contribution in [3.63, 3.8) is 0 Å². The Morgan fingerprint density at radius 3 is 2.52 bits per heavy atom. The molecule has 6 nitrogen and oxygen atoms in total. The van der Waals surface area contributed by atoms with E-state index < -0.39 is 5.41 Å². The van der Waals surface area contributed by atoms with Gasteiger partial charge in [-0.2, -0.15) is 0 Å². The summed E-state index contributed by atoms with van der Waals surface area (Å²) in [4.78, 5) is 29.2. The molecule has 1 aromatic heterocycles. The Balaban J connectivity index is 1.39. The smallest absolute Gasteiger partial charge is 0.231 e. The zero-order chi connectivity index (χ0) is 23.2. The zero-order valence-corrected chi connectivity index (χ0v) is 19.0. The molecule has 1 amide bonds.